The number of amides is 2. The Morgan fingerprint density at radius 3 is 2.58 bits per heavy atom. The third-order valence-electron chi connectivity index (χ3n) is 7.18. The van der Waals surface area contributed by atoms with Gasteiger partial charge in [0.25, 0.3) is 0 Å². The molecule has 1 aliphatic rings. The molecule has 0 unspecified atom stereocenters. The number of unbranched alkanes of at least 4 members (excludes halogenated alkanes) is 1. The van der Waals surface area contributed by atoms with Crippen LogP contribution in [0.25, 0.3) is 10.2 Å². The van der Waals surface area contributed by atoms with E-state index in [4.69, 9.17) is 11.5 Å². The lowest BCUT2D eigenvalue weighted by Gasteiger charge is -2.31. The average Bonchev–Trinajstić information content (AvgIpc) is 3.61. The van der Waals surface area contributed by atoms with Crippen molar-refractivity contribution < 1.29 is 14.4 Å². The number of carbonyl (C=O) groups is 3. The smallest absolute Gasteiger partial charge is 0.244 e. The fourth-order valence-electron chi connectivity index (χ4n) is 5.14. The van der Waals surface area contributed by atoms with E-state index in [-0.39, 0.29) is 23.6 Å². The lowest BCUT2D eigenvalue weighted by molar-refractivity contribution is -0.134. The molecule has 3 aromatic rings. The van der Waals surface area contributed by atoms with Gasteiger partial charge in [-0.2, -0.15) is 0 Å². The van der Waals surface area contributed by atoms with Crippen molar-refractivity contribution >= 4 is 45.1 Å². The summed E-state index contributed by atoms with van der Waals surface area (Å²) >= 11 is 1.36. The molecule has 11 heteroatoms. The number of nitrogens with one attached hydrogen (secondary N) is 2. The number of carbonyl (C=O) groups excluding carboxylic acids is 3. The second kappa shape index (κ2) is 14.1. The number of rotatable bonds is 13. The summed E-state index contributed by atoms with van der Waals surface area (Å²) in [6, 6.07) is 15.6. The number of guanidine groups is 1. The van der Waals surface area contributed by atoms with E-state index in [0.717, 1.165) is 22.2 Å². The van der Waals surface area contributed by atoms with Gasteiger partial charge in [0.1, 0.15) is 0 Å². The number of likely N-dealkylation sites (tertiary alicyclic amines) is 1. The Kier molecular flexibility index (Phi) is 10.3. The van der Waals surface area contributed by atoms with E-state index in [1.165, 1.54) is 11.3 Å². The molecule has 2 aromatic carbocycles. The molecule has 212 valence electrons. The van der Waals surface area contributed by atoms with Crippen LogP contribution < -0.4 is 22.1 Å². The first-order valence-corrected chi connectivity index (χ1v) is 14.5. The summed E-state index contributed by atoms with van der Waals surface area (Å²) in [5.74, 6) is -0.825. The molecule has 2 heterocycles. The van der Waals surface area contributed by atoms with Gasteiger partial charge in [0.15, 0.2) is 11.0 Å². The number of imide groups is 1. The molecule has 6 N–H and O–H groups in total. The largest absolute Gasteiger partial charge is 0.370 e. The van der Waals surface area contributed by atoms with Crippen LogP contribution in [0.2, 0.25) is 0 Å². The first-order chi connectivity index (χ1) is 19.4. The predicted octanol–water partition coefficient (Wildman–Crippen LogP) is 2.23. The number of nitrogens with zero attached hydrogens (tertiary/aromatic N) is 3. The van der Waals surface area contributed by atoms with Crippen LogP contribution in [-0.2, 0) is 16.0 Å². The number of thiazole rings is 1. The predicted molar refractivity (Wildman–Crippen MR) is 158 cm³/mol. The Balaban J connectivity index is 1.48. The summed E-state index contributed by atoms with van der Waals surface area (Å²) in [5, 5.41) is 6.05. The second-order valence-electron chi connectivity index (χ2n) is 9.95. The van der Waals surface area contributed by atoms with E-state index in [0.29, 0.717) is 50.2 Å². The normalized spacial score (nSPS) is 16.9. The second-order valence-corrected chi connectivity index (χ2v) is 11.0. The molecule has 2 amide bonds. The number of hydrogen-bond acceptors (Lipinski definition) is 8. The third-order valence-corrected chi connectivity index (χ3v) is 8.23. The Labute approximate surface area is 238 Å². The molecule has 3 atom stereocenters. The van der Waals surface area contributed by atoms with E-state index >= 15 is 0 Å². The number of aliphatic imine (C=N–C) groups is 1. The first-order valence-electron chi connectivity index (χ1n) is 13.6. The van der Waals surface area contributed by atoms with E-state index < -0.39 is 18.1 Å². The van der Waals surface area contributed by atoms with E-state index in [2.05, 4.69) is 20.6 Å². The summed E-state index contributed by atoms with van der Waals surface area (Å²) in [4.78, 5) is 50.9. The summed E-state index contributed by atoms with van der Waals surface area (Å²) in [6.45, 7) is 1.05. The van der Waals surface area contributed by atoms with Crippen molar-refractivity contribution in [2.24, 2.45) is 16.5 Å². The van der Waals surface area contributed by atoms with Gasteiger partial charge in [-0.25, -0.2) is 4.98 Å². The third kappa shape index (κ3) is 7.50. The van der Waals surface area contributed by atoms with Gasteiger partial charge >= 0.3 is 0 Å². The highest BCUT2D eigenvalue weighted by Crippen LogP contribution is 2.29. The van der Waals surface area contributed by atoms with Crippen LogP contribution in [0.1, 0.15) is 47.5 Å². The van der Waals surface area contributed by atoms with Crippen molar-refractivity contribution in [1.82, 2.24) is 20.5 Å². The minimum atomic E-state index is -0.584. The number of Topliss-reactive ketones (excluding diaryl/α,β-unsaturated/α-hetero) is 1. The first kappa shape index (κ1) is 29.3. The van der Waals surface area contributed by atoms with Crippen LogP contribution in [0.15, 0.2) is 59.6 Å². The molecule has 10 nitrogen and oxygen atoms in total. The number of hydrogen-bond donors (Lipinski definition) is 4. The number of benzene rings is 2. The fraction of sp³-hybridized carbons (Fsp3) is 0.414. The highest BCUT2D eigenvalue weighted by atomic mass is 32.1. The van der Waals surface area contributed by atoms with Crippen LogP contribution in [0, 0.1) is 0 Å². The number of fused-ring (bicyclic) bond motifs is 1. The monoisotopic (exact) mass is 563 g/mol. The van der Waals surface area contributed by atoms with Crippen molar-refractivity contribution in [3.05, 3.63) is 65.2 Å². The molecule has 4 rings (SSSR count). The molecule has 1 saturated heterocycles. The lowest BCUT2D eigenvalue weighted by Crippen LogP contribution is -2.54. The van der Waals surface area contributed by atoms with Gasteiger partial charge in [0, 0.05) is 6.54 Å². The maximum absolute atomic E-state index is 13.9. The Morgan fingerprint density at radius 1 is 1.10 bits per heavy atom. The molecule has 0 aliphatic carbocycles. The van der Waals surface area contributed by atoms with E-state index in [1.54, 1.807) is 7.05 Å². The number of nitrogens with two attached hydrogens (primary N) is 2. The number of ketones is 1. The molecule has 1 aliphatic heterocycles. The van der Waals surface area contributed by atoms with Crippen molar-refractivity contribution in [1.29, 1.82) is 0 Å². The van der Waals surface area contributed by atoms with Crippen molar-refractivity contribution in [3.63, 3.8) is 0 Å². The fourth-order valence-corrected chi connectivity index (χ4v) is 6.09. The van der Waals surface area contributed by atoms with Crippen LogP contribution in [0.5, 0.6) is 0 Å². The molecule has 0 spiro atoms. The maximum Gasteiger partial charge on any atom is 0.244 e. The van der Waals surface area contributed by atoms with Gasteiger partial charge in [-0.15, -0.1) is 11.3 Å². The zero-order valence-electron chi connectivity index (χ0n) is 22.7. The minimum absolute atomic E-state index is 0.0372. The topological polar surface area (TPSA) is 156 Å². The van der Waals surface area contributed by atoms with Crippen molar-refractivity contribution in [2.45, 2.75) is 56.7 Å². The number of likely N-dealkylation sites (N-methyl/N-ethyl adjacent to an activating group) is 1. The summed E-state index contributed by atoms with van der Waals surface area (Å²) < 4.78 is 0.940. The Hall–Kier alpha value is -3.67. The zero-order valence-corrected chi connectivity index (χ0v) is 23.5. The van der Waals surface area contributed by atoms with E-state index in [1.807, 2.05) is 59.5 Å². The molecule has 0 bridgehead atoms. The Bertz CT molecular complexity index is 1310. The molecule has 0 saturated carbocycles. The van der Waals surface area contributed by atoms with Gasteiger partial charge in [0.2, 0.25) is 17.6 Å². The van der Waals surface area contributed by atoms with Gasteiger partial charge in [-0.05, 0) is 69.8 Å². The van der Waals surface area contributed by atoms with Gasteiger partial charge in [-0.1, -0.05) is 42.5 Å². The van der Waals surface area contributed by atoms with Crippen LogP contribution in [0.4, 0.5) is 0 Å². The molecular formula is C29H37N7O3S. The summed E-state index contributed by atoms with van der Waals surface area (Å²) in [5.41, 5.74) is 12.7. The SMILES string of the molecule is CN[C@H](Cc1ccccc1)C(=O)NC(=O)[C@@H]1CCCN1[C@@H](CCCCN=C(N)N)C(=O)c1nc2ccccc2s1. The quantitative estimate of drug-likeness (QED) is 0.107. The van der Waals surface area contributed by atoms with Crippen LogP contribution in [-0.4, -0.2) is 71.7 Å². The van der Waals surface area contributed by atoms with Crippen molar-refractivity contribution in [3.8, 4) is 0 Å². The van der Waals surface area contributed by atoms with Crippen molar-refractivity contribution in [2.75, 3.05) is 20.1 Å². The molecule has 0 radical (unpaired) electrons. The van der Waals surface area contributed by atoms with Gasteiger partial charge in [0.05, 0.1) is 28.3 Å². The molecular weight excluding hydrogens is 526 g/mol. The van der Waals surface area contributed by atoms with Crippen LogP contribution in [0.3, 0.4) is 0 Å². The van der Waals surface area contributed by atoms with Gasteiger partial charge < -0.3 is 16.8 Å². The molecule has 40 heavy (non-hydrogen) atoms. The standard InChI is InChI=1S/C29H37N7O3S/c1-32-21(18-19-10-3-2-4-11-19)26(38)35-27(39)23-14-9-17-36(23)22(13-7-8-16-33-29(30)31)25(37)28-34-20-12-5-6-15-24(20)40-28/h2-6,10-12,15,21-23,32H,7-9,13-14,16-18H2,1H3,(H4,30,31,33)(H,35,38,39)/t21-,22+,23+/m1/s1. The Morgan fingerprint density at radius 2 is 1.85 bits per heavy atom. The number of para-hydroxylation sites is 1. The molecule has 1 aromatic heterocycles. The molecule has 1 fully saturated rings. The summed E-state index contributed by atoms with van der Waals surface area (Å²) in [6.07, 6.45) is 3.71. The van der Waals surface area contributed by atoms with Crippen LogP contribution >= 0.6 is 11.3 Å². The highest BCUT2D eigenvalue weighted by molar-refractivity contribution is 7.20. The summed E-state index contributed by atoms with van der Waals surface area (Å²) in [7, 11) is 1.70. The van der Waals surface area contributed by atoms with E-state index in [9.17, 15) is 14.4 Å². The minimum Gasteiger partial charge on any atom is -0.370 e. The highest BCUT2D eigenvalue weighted by Gasteiger charge is 2.40. The zero-order chi connectivity index (χ0) is 28.5. The number of aromatic nitrogens is 1. The lowest BCUT2D eigenvalue weighted by atomic mass is 10.0. The van der Waals surface area contributed by atoms with Gasteiger partial charge in [-0.3, -0.25) is 29.6 Å². The average molecular weight is 564 g/mol. The maximum atomic E-state index is 13.9.